The molecule has 2 aliphatic heterocycles. The van der Waals surface area contributed by atoms with Gasteiger partial charge in [-0.2, -0.15) is 0 Å². The van der Waals surface area contributed by atoms with Crippen molar-refractivity contribution in [3.05, 3.63) is 120 Å². The first-order valence-electron chi connectivity index (χ1n) is 13.4. The SMILES string of the molecule is CN1CCN(Cc2ccc(N3C=C(Nc4ccc(OCc5ccccc5)cc4)c4cc[nH]c4C3)cc2)CC1. The van der Waals surface area contributed by atoms with Crippen LogP contribution in [0.1, 0.15) is 22.4 Å². The number of rotatable bonds is 8. The number of hydrogen-bond acceptors (Lipinski definition) is 5. The Morgan fingerprint density at radius 2 is 1.58 bits per heavy atom. The number of aromatic nitrogens is 1. The maximum atomic E-state index is 5.96. The van der Waals surface area contributed by atoms with E-state index in [1.54, 1.807) is 0 Å². The normalized spacial score (nSPS) is 16.1. The van der Waals surface area contributed by atoms with Crippen LogP contribution in [0.3, 0.4) is 0 Å². The molecule has 3 aromatic carbocycles. The summed E-state index contributed by atoms with van der Waals surface area (Å²) in [7, 11) is 2.20. The second-order valence-electron chi connectivity index (χ2n) is 10.2. The van der Waals surface area contributed by atoms with Gasteiger partial charge >= 0.3 is 0 Å². The van der Waals surface area contributed by atoms with E-state index in [0.717, 1.165) is 62.0 Å². The van der Waals surface area contributed by atoms with Crippen molar-refractivity contribution >= 4 is 17.1 Å². The lowest BCUT2D eigenvalue weighted by molar-refractivity contribution is 0.148. The number of nitrogens with one attached hydrogen (secondary N) is 2. The lowest BCUT2D eigenvalue weighted by Gasteiger charge is -2.32. The summed E-state index contributed by atoms with van der Waals surface area (Å²) in [6, 6.07) is 29.6. The molecule has 38 heavy (non-hydrogen) atoms. The Morgan fingerprint density at radius 1 is 0.816 bits per heavy atom. The fraction of sp³-hybridized carbons (Fsp3) is 0.250. The summed E-state index contributed by atoms with van der Waals surface area (Å²) in [5.74, 6) is 0.859. The van der Waals surface area contributed by atoms with Gasteiger partial charge in [-0.05, 0) is 60.6 Å². The van der Waals surface area contributed by atoms with Crippen LogP contribution in [0.5, 0.6) is 5.75 Å². The van der Waals surface area contributed by atoms with E-state index >= 15 is 0 Å². The number of anilines is 2. The third-order valence-corrected chi connectivity index (χ3v) is 7.39. The lowest BCUT2D eigenvalue weighted by atomic mass is 10.1. The second kappa shape index (κ2) is 11.2. The van der Waals surface area contributed by atoms with Crippen LogP contribution >= 0.6 is 0 Å². The quantitative estimate of drug-likeness (QED) is 0.318. The lowest BCUT2D eigenvalue weighted by Crippen LogP contribution is -2.43. The number of aromatic amines is 1. The molecule has 6 nitrogen and oxygen atoms in total. The van der Waals surface area contributed by atoms with Crippen LogP contribution in [0.25, 0.3) is 5.70 Å². The van der Waals surface area contributed by atoms with Crippen molar-refractivity contribution in [1.29, 1.82) is 0 Å². The van der Waals surface area contributed by atoms with Gasteiger partial charge in [0.25, 0.3) is 0 Å². The number of likely N-dealkylation sites (N-methyl/N-ethyl adjacent to an activating group) is 1. The molecular weight excluding hydrogens is 470 g/mol. The number of piperazine rings is 1. The zero-order valence-electron chi connectivity index (χ0n) is 21.9. The van der Waals surface area contributed by atoms with Crippen LogP contribution in [0.15, 0.2) is 97.3 Å². The van der Waals surface area contributed by atoms with Crippen molar-refractivity contribution in [3.8, 4) is 5.75 Å². The molecule has 0 saturated carbocycles. The van der Waals surface area contributed by atoms with E-state index < -0.39 is 0 Å². The molecule has 3 heterocycles. The van der Waals surface area contributed by atoms with E-state index in [1.165, 1.54) is 22.5 Å². The highest BCUT2D eigenvalue weighted by atomic mass is 16.5. The van der Waals surface area contributed by atoms with Gasteiger partial charge in [-0.15, -0.1) is 0 Å². The number of benzene rings is 3. The smallest absolute Gasteiger partial charge is 0.119 e. The van der Waals surface area contributed by atoms with E-state index in [-0.39, 0.29) is 0 Å². The first-order chi connectivity index (χ1) is 18.7. The number of nitrogens with zero attached hydrogens (tertiary/aromatic N) is 3. The highest BCUT2D eigenvalue weighted by Crippen LogP contribution is 2.31. The van der Waals surface area contributed by atoms with E-state index in [4.69, 9.17) is 4.74 Å². The number of H-pyrrole nitrogens is 1. The Morgan fingerprint density at radius 3 is 2.34 bits per heavy atom. The number of ether oxygens (including phenoxy) is 1. The molecule has 0 radical (unpaired) electrons. The predicted octanol–water partition coefficient (Wildman–Crippen LogP) is 5.77. The highest BCUT2D eigenvalue weighted by Gasteiger charge is 2.20. The molecule has 194 valence electrons. The van der Waals surface area contributed by atoms with Crippen LogP contribution in [-0.4, -0.2) is 48.0 Å². The molecule has 2 aliphatic rings. The van der Waals surface area contributed by atoms with Gasteiger partial charge in [0.15, 0.2) is 0 Å². The summed E-state index contributed by atoms with van der Waals surface area (Å²) < 4.78 is 5.96. The van der Waals surface area contributed by atoms with E-state index in [1.807, 2.05) is 36.5 Å². The first-order valence-corrected chi connectivity index (χ1v) is 13.4. The van der Waals surface area contributed by atoms with Crippen molar-refractivity contribution in [2.24, 2.45) is 0 Å². The Balaban J connectivity index is 1.12. The molecule has 4 aromatic rings. The highest BCUT2D eigenvalue weighted by molar-refractivity contribution is 5.81. The van der Waals surface area contributed by atoms with Gasteiger partial charge in [0.2, 0.25) is 0 Å². The maximum absolute atomic E-state index is 5.96. The third-order valence-electron chi connectivity index (χ3n) is 7.39. The average Bonchev–Trinajstić information content (AvgIpc) is 3.44. The largest absolute Gasteiger partial charge is 0.489 e. The molecule has 0 bridgehead atoms. The average molecular weight is 506 g/mol. The Hall–Kier alpha value is -4.00. The van der Waals surface area contributed by atoms with Gasteiger partial charge in [-0.1, -0.05) is 42.5 Å². The fourth-order valence-corrected chi connectivity index (χ4v) is 5.08. The molecule has 2 N–H and O–H groups in total. The molecule has 0 atom stereocenters. The molecule has 0 unspecified atom stereocenters. The van der Waals surface area contributed by atoms with Gasteiger partial charge in [0.05, 0.1) is 12.2 Å². The summed E-state index contributed by atoms with van der Waals surface area (Å²) in [6.07, 6.45) is 4.23. The summed E-state index contributed by atoms with van der Waals surface area (Å²) in [6.45, 7) is 6.97. The van der Waals surface area contributed by atoms with Gasteiger partial charge in [-0.25, -0.2) is 0 Å². The predicted molar refractivity (Wildman–Crippen MR) is 155 cm³/mol. The van der Waals surface area contributed by atoms with Crippen molar-refractivity contribution < 1.29 is 4.74 Å². The van der Waals surface area contributed by atoms with Crippen LogP contribution < -0.4 is 15.0 Å². The summed E-state index contributed by atoms with van der Waals surface area (Å²) in [5.41, 5.74) is 8.24. The molecule has 0 amide bonds. The third kappa shape index (κ3) is 5.77. The topological polar surface area (TPSA) is 46.8 Å². The Kier molecular flexibility index (Phi) is 7.16. The van der Waals surface area contributed by atoms with E-state index in [0.29, 0.717) is 6.61 Å². The van der Waals surface area contributed by atoms with Crippen LogP contribution in [-0.2, 0) is 19.7 Å². The maximum Gasteiger partial charge on any atom is 0.119 e. The van der Waals surface area contributed by atoms with Crippen LogP contribution in [0.2, 0.25) is 0 Å². The van der Waals surface area contributed by atoms with E-state index in [2.05, 4.69) is 92.8 Å². The van der Waals surface area contributed by atoms with Crippen LogP contribution in [0, 0.1) is 0 Å². The van der Waals surface area contributed by atoms with Gasteiger partial charge in [-0.3, -0.25) is 4.90 Å². The van der Waals surface area contributed by atoms with E-state index in [9.17, 15) is 0 Å². The first kappa shape index (κ1) is 24.3. The van der Waals surface area contributed by atoms with Crippen LogP contribution in [0.4, 0.5) is 11.4 Å². The minimum atomic E-state index is 0.564. The summed E-state index contributed by atoms with van der Waals surface area (Å²) >= 11 is 0. The van der Waals surface area contributed by atoms with Crippen molar-refractivity contribution in [2.45, 2.75) is 19.7 Å². The molecule has 1 saturated heterocycles. The molecule has 1 fully saturated rings. The standard InChI is InChI=1S/C32H35N5O/c1-35-17-19-36(20-18-35)21-25-7-11-28(12-8-25)37-22-31-30(15-16-33-31)32(23-37)34-27-9-13-29(14-10-27)38-24-26-5-3-2-4-6-26/h2-16,23,33-34H,17-22,24H2,1H3. The Bertz CT molecular complexity index is 1350. The van der Waals surface area contributed by atoms with Crippen molar-refractivity contribution in [2.75, 3.05) is 43.4 Å². The number of fused-ring (bicyclic) bond motifs is 1. The molecule has 0 aliphatic carbocycles. The van der Waals surface area contributed by atoms with Crippen molar-refractivity contribution in [1.82, 2.24) is 14.8 Å². The molecule has 1 aromatic heterocycles. The fourth-order valence-electron chi connectivity index (χ4n) is 5.08. The molecular formula is C32H35N5O. The molecule has 6 rings (SSSR count). The van der Waals surface area contributed by atoms with Gasteiger partial charge < -0.3 is 24.8 Å². The molecule has 6 heteroatoms. The summed E-state index contributed by atoms with van der Waals surface area (Å²) in [5, 5.41) is 3.63. The zero-order chi connectivity index (χ0) is 25.7. The minimum absolute atomic E-state index is 0.564. The van der Waals surface area contributed by atoms with Gasteiger partial charge in [0, 0.05) is 67.8 Å². The Labute approximate surface area is 225 Å². The zero-order valence-corrected chi connectivity index (χ0v) is 21.9. The van der Waals surface area contributed by atoms with Crippen molar-refractivity contribution in [3.63, 3.8) is 0 Å². The molecule has 0 spiro atoms. The second-order valence-corrected chi connectivity index (χ2v) is 10.2. The minimum Gasteiger partial charge on any atom is -0.489 e. The number of hydrogen-bond donors (Lipinski definition) is 2. The monoisotopic (exact) mass is 505 g/mol. The summed E-state index contributed by atoms with van der Waals surface area (Å²) in [4.78, 5) is 10.7. The van der Waals surface area contributed by atoms with Gasteiger partial charge in [0.1, 0.15) is 12.4 Å².